The highest BCUT2D eigenvalue weighted by Crippen LogP contribution is 2.28. The maximum atomic E-state index is 11.0. The van der Waals surface area contributed by atoms with Gasteiger partial charge < -0.3 is 9.84 Å². The predicted octanol–water partition coefficient (Wildman–Crippen LogP) is 3.46. The molecule has 2 rings (SSSR count). The Hall–Kier alpha value is -1.53. The molecule has 0 radical (unpaired) electrons. The van der Waals surface area contributed by atoms with E-state index in [9.17, 15) is 4.79 Å². The summed E-state index contributed by atoms with van der Waals surface area (Å²) in [6, 6.07) is 1.65. The molecule has 0 saturated heterocycles. The zero-order chi connectivity index (χ0) is 14.7. The molecule has 0 unspecified atom stereocenters. The summed E-state index contributed by atoms with van der Waals surface area (Å²) in [7, 11) is 0. The molecule has 2 heterocycles. The first kappa shape index (κ1) is 14.9. The molecular formula is C13H15ClN2O3S. The summed E-state index contributed by atoms with van der Waals surface area (Å²) in [4.78, 5) is 11.2. The van der Waals surface area contributed by atoms with E-state index >= 15 is 0 Å². The molecular weight excluding hydrogens is 300 g/mol. The number of carbonyl (C=O) groups is 1. The molecule has 0 aliphatic rings. The molecule has 0 aromatic carbocycles. The van der Waals surface area contributed by atoms with Crippen molar-refractivity contribution in [1.82, 2.24) is 9.78 Å². The van der Waals surface area contributed by atoms with Crippen molar-refractivity contribution in [2.75, 3.05) is 0 Å². The Labute approximate surface area is 125 Å². The average Bonchev–Trinajstić information content (AvgIpc) is 3.00. The van der Waals surface area contributed by atoms with Gasteiger partial charge in [0.2, 0.25) is 0 Å². The minimum absolute atomic E-state index is 0.194. The molecule has 0 bridgehead atoms. The molecule has 1 N–H and O–H groups in total. The van der Waals surface area contributed by atoms with Gasteiger partial charge in [-0.05, 0) is 24.8 Å². The van der Waals surface area contributed by atoms with E-state index < -0.39 is 5.97 Å². The molecule has 0 saturated carbocycles. The topological polar surface area (TPSA) is 64.4 Å². The number of thiophene rings is 1. The minimum atomic E-state index is -0.987. The zero-order valence-electron chi connectivity index (χ0n) is 11.2. The second-order valence-electron chi connectivity index (χ2n) is 4.08. The van der Waals surface area contributed by atoms with Crippen molar-refractivity contribution in [3.63, 3.8) is 0 Å². The Morgan fingerprint density at radius 2 is 2.30 bits per heavy atom. The number of rotatable bonds is 6. The third-order valence-corrected chi connectivity index (χ3v) is 4.20. The lowest BCUT2D eigenvalue weighted by molar-refractivity contribution is 0.0697. The van der Waals surface area contributed by atoms with Crippen molar-refractivity contribution < 1.29 is 14.6 Å². The zero-order valence-corrected chi connectivity index (χ0v) is 12.8. The molecule has 0 aliphatic carbocycles. The molecule has 108 valence electrons. The van der Waals surface area contributed by atoms with Crippen LogP contribution in [0.5, 0.6) is 5.75 Å². The van der Waals surface area contributed by atoms with Gasteiger partial charge in [-0.15, -0.1) is 11.3 Å². The molecule has 0 amide bonds. The second-order valence-corrected chi connectivity index (χ2v) is 5.38. The summed E-state index contributed by atoms with van der Waals surface area (Å²) in [5.41, 5.74) is 1.60. The van der Waals surface area contributed by atoms with Gasteiger partial charge in [0, 0.05) is 6.54 Å². The van der Waals surface area contributed by atoms with E-state index in [2.05, 4.69) is 5.10 Å². The van der Waals surface area contributed by atoms with Gasteiger partial charge >= 0.3 is 5.97 Å². The van der Waals surface area contributed by atoms with Crippen LogP contribution in [0.3, 0.4) is 0 Å². The molecule has 5 nitrogen and oxygen atoms in total. The van der Waals surface area contributed by atoms with Crippen molar-refractivity contribution in [1.29, 1.82) is 0 Å². The number of aryl methyl sites for hydroxylation is 2. The third-order valence-electron chi connectivity index (χ3n) is 2.88. The summed E-state index contributed by atoms with van der Waals surface area (Å²) in [6.45, 7) is 4.85. The first-order valence-corrected chi connectivity index (χ1v) is 7.51. The lowest BCUT2D eigenvalue weighted by atomic mass is 10.3. The lowest BCUT2D eigenvalue weighted by Crippen LogP contribution is -2.07. The maximum Gasteiger partial charge on any atom is 0.349 e. The number of carboxylic acids is 1. The number of nitrogens with zero attached hydrogens (tertiary/aromatic N) is 2. The maximum absolute atomic E-state index is 11.0. The van der Waals surface area contributed by atoms with Crippen molar-refractivity contribution in [3.05, 3.63) is 32.7 Å². The molecule has 20 heavy (non-hydrogen) atoms. The highest BCUT2D eigenvalue weighted by Gasteiger charge is 2.17. The van der Waals surface area contributed by atoms with Gasteiger partial charge in [-0.3, -0.25) is 4.68 Å². The van der Waals surface area contributed by atoms with Gasteiger partial charge in [-0.1, -0.05) is 18.5 Å². The van der Waals surface area contributed by atoms with Gasteiger partial charge in [0.15, 0.2) is 4.88 Å². The second kappa shape index (κ2) is 6.28. The molecule has 0 spiro atoms. The predicted molar refractivity (Wildman–Crippen MR) is 77.9 cm³/mol. The fourth-order valence-electron chi connectivity index (χ4n) is 1.87. The normalized spacial score (nSPS) is 10.8. The number of aromatic nitrogens is 2. The van der Waals surface area contributed by atoms with E-state index in [-0.39, 0.29) is 11.5 Å². The van der Waals surface area contributed by atoms with E-state index in [0.717, 1.165) is 29.1 Å². The number of carboxylic acid groups (broad SMARTS) is 1. The van der Waals surface area contributed by atoms with Crippen molar-refractivity contribution >= 4 is 28.9 Å². The third kappa shape index (κ3) is 2.81. The highest BCUT2D eigenvalue weighted by molar-refractivity contribution is 7.12. The van der Waals surface area contributed by atoms with Crippen molar-refractivity contribution in [2.24, 2.45) is 0 Å². The average molecular weight is 315 g/mol. The molecule has 0 atom stereocenters. The summed E-state index contributed by atoms with van der Waals surface area (Å²) in [5.74, 6) is -0.625. The van der Waals surface area contributed by atoms with Gasteiger partial charge in [0.05, 0.1) is 16.4 Å². The molecule has 0 fully saturated rings. The van der Waals surface area contributed by atoms with Crippen LogP contribution in [0.1, 0.15) is 34.9 Å². The van der Waals surface area contributed by atoms with Gasteiger partial charge in [0.25, 0.3) is 0 Å². The van der Waals surface area contributed by atoms with Crippen LogP contribution in [-0.2, 0) is 19.6 Å². The SMILES string of the molecule is CCc1nn(CC)c(COc2ccsc2C(=O)O)c1Cl. The van der Waals surface area contributed by atoms with Crippen LogP contribution in [0.2, 0.25) is 5.02 Å². The monoisotopic (exact) mass is 314 g/mol. The Morgan fingerprint density at radius 1 is 1.55 bits per heavy atom. The van der Waals surface area contributed by atoms with Gasteiger partial charge in [-0.2, -0.15) is 5.10 Å². The first-order chi connectivity index (χ1) is 9.58. The number of hydrogen-bond acceptors (Lipinski definition) is 4. The summed E-state index contributed by atoms with van der Waals surface area (Å²) in [6.07, 6.45) is 0.748. The quantitative estimate of drug-likeness (QED) is 0.887. The smallest absolute Gasteiger partial charge is 0.349 e. The van der Waals surface area contributed by atoms with Crippen LogP contribution in [0.25, 0.3) is 0 Å². The van der Waals surface area contributed by atoms with E-state index in [0.29, 0.717) is 17.3 Å². The number of halogens is 1. The number of ether oxygens (including phenoxy) is 1. The van der Waals surface area contributed by atoms with E-state index in [1.54, 1.807) is 16.1 Å². The van der Waals surface area contributed by atoms with Crippen LogP contribution in [0, 0.1) is 0 Å². The Bertz CT molecular complexity index is 621. The summed E-state index contributed by atoms with van der Waals surface area (Å²) >= 11 is 7.41. The molecule has 2 aromatic rings. The van der Waals surface area contributed by atoms with Crippen LogP contribution < -0.4 is 4.74 Å². The van der Waals surface area contributed by atoms with Crippen LogP contribution in [-0.4, -0.2) is 20.9 Å². The summed E-state index contributed by atoms with van der Waals surface area (Å²) in [5, 5.41) is 15.7. The van der Waals surface area contributed by atoms with Crippen molar-refractivity contribution in [3.8, 4) is 5.75 Å². The van der Waals surface area contributed by atoms with E-state index in [4.69, 9.17) is 21.4 Å². The van der Waals surface area contributed by atoms with Crippen molar-refractivity contribution in [2.45, 2.75) is 33.4 Å². The van der Waals surface area contributed by atoms with Gasteiger partial charge in [0.1, 0.15) is 12.4 Å². The molecule has 2 aromatic heterocycles. The van der Waals surface area contributed by atoms with E-state index in [1.165, 1.54) is 0 Å². The Morgan fingerprint density at radius 3 is 2.90 bits per heavy atom. The standard InChI is InChI=1S/C13H15ClN2O3S/c1-3-8-11(14)9(16(4-2)15-8)7-19-10-5-6-20-12(10)13(17)18/h5-6H,3-4,7H2,1-2H3,(H,17,18). The Balaban J connectivity index is 2.20. The minimum Gasteiger partial charge on any atom is -0.485 e. The summed E-state index contributed by atoms with van der Waals surface area (Å²) < 4.78 is 7.38. The molecule has 0 aliphatic heterocycles. The number of aromatic carboxylic acids is 1. The first-order valence-electron chi connectivity index (χ1n) is 6.26. The fourth-order valence-corrected chi connectivity index (χ4v) is 2.86. The van der Waals surface area contributed by atoms with E-state index in [1.807, 2.05) is 13.8 Å². The highest BCUT2D eigenvalue weighted by atomic mass is 35.5. The fraction of sp³-hybridized carbons (Fsp3) is 0.385. The van der Waals surface area contributed by atoms with Crippen LogP contribution in [0.15, 0.2) is 11.4 Å². The Kier molecular flexibility index (Phi) is 4.67. The van der Waals surface area contributed by atoms with Gasteiger partial charge in [-0.25, -0.2) is 4.79 Å². The lowest BCUT2D eigenvalue weighted by Gasteiger charge is -2.07. The van der Waals surface area contributed by atoms with Crippen LogP contribution >= 0.6 is 22.9 Å². The van der Waals surface area contributed by atoms with Crippen LogP contribution in [0.4, 0.5) is 0 Å². The largest absolute Gasteiger partial charge is 0.485 e. The number of hydrogen-bond donors (Lipinski definition) is 1. The molecule has 7 heteroatoms.